The van der Waals surface area contributed by atoms with Crippen LogP contribution in [-0.2, 0) is 10.2 Å². The molecule has 112 valence electrons. The van der Waals surface area contributed by atoms with Gasteiger partial charge in [-0.25, -0.2) is 9.69 Å². The van der Waals surface area contributed by atoms with Crippen LogP contribution in [0.1, 0.15) is 26.5 Å². The van der Waals surface area contributed by atoms with Gasteiger partial charge >= 0.3 is 6.03 Å². The number of hydrogen-bond acceptors (Lipinski definition) is 5. The second kappa shape index (κ2) is 5.06. The van der Waals surface area contributed by atoms with Crippen molar-refractivity contribution >= 4 is 11.8 Å². The first kappa shape index (κ1) is 14.8. The van der Waals surface area contributed by atoms with Crippen LogP contribution in [0.5, 0.6) is 0 Å². The summed E-state index contributed by atoms with van der Waals surface area (Å²) >= 11 is 0. The zero-order chi connectivity index (χ0) is 15.1. The van der Waals surface area contributed by atoms with E-state index in [4.69, 9.17) is 9.26 Å². The molecule has 2 rings (SSSR count). The minimum atomic E-state index is -1.01. The van der Waals surface area contributed by atoms with E-state index in [1.807, 2.05) is 20.8 Å². The Bertz CT molecular complexity index is 494. The van der Waals surface area contributed by atoms with E-state index < -0.39 is 12.3 Å². The number of aliphatic hydroxyl groups excluding tert-OH is 1. The number of anilines is 1. The molecular weight excluding hydrogens is 262 g/mol. The van der Waals surface area contributed by atoms with Gasteiger partial charge in [-0.3, -0.25) is 0 Å². The third kappa shape index (κ3) is 2.38. The van der Waals surface area contributed by atoms with Crippen molar-refractivity contribution in [2.24, 2.45) is 0 Å². The van der Waals surface area contributed by atoms with Crippen LogP contribution in [0, 0.1) is 0 Å². The number of ether oxygens (including phenoxy) is 1. The quantitative estimate of drug-likeness (QED) is 0.901. The van der Waals surface area contributed by atoms with Crippen molar-refractivity contribution in [2.75, 3.05) is 25.7 Å². The lowest BCUT2D eigenvalue weighted by molar-refractivity contribution is 0.0630. The predicted octanol–water partition coefficient (Wildman–Crippen LogP) is 1.18. The van der Waals surface area contributed by atoms with Crippen LogP contribution in [0.25, 0.3) is 0 Å². The molecule has 0 bridgehead atoms. The number of aromatic nitrogens is 1. The lowest BCUT2D eigenvalue weighted by atomic mass is 9.93. The summed E-state index contributed by atoms with van der Waals surface area (Å²) in [6.07, 6.45) is -1.01. The zero-order valence-corrected chi connectivity index (χ0v) is 12.5. The molecule has 1 aliphatic heterocycles. The molecule has 1 fully saturated rings. The maximum absolute atomic E-state index is 12.2. The van der Waals surface area contributed by atoms with Crippen molar-refractivity contribution < 1.29 is 19.2 Å². The molecule has 20 heavy (non-hydrogen) atoms. The molecule has 1 N–H and O–H groups in total. The van der Waals surface area contributed by atoms with E-state index in [-0.39, 0.29) is 18.1 Å². The number of hydrogen-bond donors (Lipinski definition) is 1. The number of urea groups is 1. The van der Waals surface area contributed by atoms with Crippen LogP contribution in [0.15, 0.2) is 10.6 Å². The van der Waals surface area contributed by atoms with Gasteiger partial charge in [0, 0.05) is 25.6 Å². The van der Waals surface area contributed by atoms with E-state index in [0.29, 0.717) is 11.6 Å². The van der Waals surface area contributed by atoms with Crippen LogP contribution < -0.4 is 4.90 Å². The van der Waals surface area contributed by atoms with Gasteiger partial charge < -0.3 is 19.3 Å². The van der Waals surface area contributed by atoms with Crippen LogP contribution in [-0.4, -0.2) is 54.2 Å². The highest BCUT2D eigenvalue weighted by Gasteiger charge is 2.45. The van der Waals surface area contributed by atoms with Gasteiger partial charge in [0.05, 0.1) is 6.61 Å². The standard InChI is InChI=1S/C13H21N3O4/c1-13(2,3)9-6-10(14-20-9)16-11(17)8(7-19-5)15(4)12(16)18/h6,8,11,17H,7H2,1-5H3. The fraction of sp³-hybridized carbons (Fsp3) is 0.692. The molecule has 0 saturated carbocycles. The smallest absolute Gasteiger partial charge is 0.328 e. The van der Waals surface area contributed by atoms with Crippen LogP contribution >= 0.6 is 0 Å². The number of aliphatic hydroxyl groups is 1. The molecule has 0 spiro atoms. The fourth-order valence-corrected chi connectivity index (χ4v) is 2.13. The second-order valence-electron chi connectivity index (χ2n) is 6.00. The first-order chi connectivity index (χ1) is 9.27. The highest BCUT2D eigenvalue weighted by molar-refractivity contribution is 5.94. The fourth-order valence-electron chi connectivity index (χ4n) is 2.13. The van der Waals surface area contributed by atoms with Gasteiger partial charge in [-0.2, -0.15) is 0 Å². The molecule has 7 nitrogen and oxygen atoms in total. The summed E-state index contributed by atoms with van der Waals surface area (Å²) in [4.78, 5) is 14.9. The molecule has 1 saturated heterocycles. The Morgan fingerprint density at radius 3 is 2.65 bits per heavy atom. The van der Waals surface area contributed by atoms with Gasteiger partial charge in [0.15, 0.2) is 12.0 Å². The van der Waals surface area contributed by atoms with Gasteiger partial charge in [0.25, 0.3) is 0 Å². The molecule has 2 atom stereocenters. The maximum atomic E-state index is 12.2. The Kier molecular flexibility index (Phi) is 3.75. The Hall–Kier alpha value is -1.60. The molecule has 0 aliphatic carbocycles. The summed E-state index contributed by atoms with van der Waals surface area (Å²) < 4.78 is 10.3. The van der Waals surface area contributed by atoms with Gasteiger partial charge in [0.2, 0.25) is 0 Å². The minimum Gasteiger partial charge on any atom is -0.382 e. The number of nitrogens with zero attached hydrogens (tertiary/aromatic N) is 3. The van der Waals surface area contributed by atoms with E-state index in [1.165, 1.54) is 16.9 Å². The van der Waals surface area contributed by atoms with Crippen molar-refractivity contribution in [1.29, 1.82) is 0 Å². The topological polar surface area (TPSA) is 79.0 Å². The van der Waals surface area contributed by atoms with E-state index in [9.17, 15) is 9.90 Å². The number of likely N-dealkylation sites (N-methyl/N-ethyl adjacent to an activating group) is 1. The van der Waals surface area contributed by atoms with Crippen molar-refractivity contribution in [1.82, 2.24) is 10.1 Å². The number of carbonyl (C=O) groups excluding carboxylic acids is 1. The Balaban J connectivity index is 2.28. The lowest BCUT2D eigenvalue weighted by Crippen LogP contribution is -2.39. The summed E-state index contributed by atoms with van der Waals surface area (Å²) in [7, 11) is 3.15. The number of amides is 2. The summed E-state index contributed by atoms with van der Waals surface area (Å²) in [5.41, 5.74) is -0.212. The third-order valence-corrected chi connectivity index (χ3v) is 3.44. The molecule has 2 unspecified atom stereocenters. The van der Waals surface area contributed by atoms with E-state index in [0.717, 1.165) is 0 Å². The normalized spacial score (nSPS) is 23.8. The van der Waals surface area contributed by atoms with Crippen molar-refractivity contribution in [3.8, 4) is 0 Å². The predicted molar refractivity (Wildman–Crippen MR) is 72.5 cm³/mol. The summed E-state index contributed by atoms with van der Waals surface area (Å²) in [5, 5.41) is 14.2. The maximum Gasteiger partial charge on any atom is 0.328 e. The van der Waals surface area contributed by atoms with Gasteiger partial charge in [-0.1, -0.05) is 25.9 Å². The first-order valence-electron chi connectivity index (χ1n) is 6.47. The van der Waals surface area contributed by atoms with Crippen LogP contribution in [0.3, 0.4) is 0 Å². The summed E-state index contributed by atoms with van der Waals surface area (Å²) in [5.74, 6) is 0.975. The summed E-state index contributed by atoms with van der Waals surface area (Å²) in [6, 6.07) is 0.931. The lowest BCUT2D eigenvalue weighted by Gasteiger charge is -2.19. The molecule has 1 aromatic rings. The molecule has 2 amide bonds. The number of carbonyl (C=O) groups is 1. The van der Waals surface area contributed by atoms with E-state index in [1.54, 1.807) is 13.1 Å². The first-order valence-corrected chi connectivity index (χ1v) is 6.47. The Morgan fingerprint density at radius 2 is 2.15 bits per heavy atom. The minimum absolute atomic E-state index is 0.212. The Labute approximate surface area is 118 Å². The molecule has 0 aromatic carbocycles. The molecule has 7 heteroatoms. The van der Waals surface area contributed by atoms with E-state index >= 15 is 0 Å². The van der Waals surface area contributed by atoms with Gasteiger partial charge in [-0.05, 0) is 0 Å². The summed E-state index contributed by atoms with van der Waals surface area (Å²) in [6.45, 7) is 6.21. The van der Waals surface area contributed by atoms with Crippen LogP contribution in [0.2, 0.25) is 0 Å². The highest BCUT2D eigenvalue weighted by Crippen LogP contribution is 2.30. The highest BCUT2D eigenvalue weighted by atomic mass is 16.5. The van der Waals surface area contributed by atoms with E-state index in [2.05, 4.69) is 5.16 Å². The molecule has 1 aliphatic rings. The number of methoxy groups -OCH3 is 1. The molecule has 1 aromatic heterocycles. The monoisotopic (exact) mass is 283 g/mol. The second-order valence-corrected chi connectivity index (χ2v) is 6.00. The van der Waals surface area contributed by atoms with Crippen LogP contribution in [0.4, 0.5) is 10.6 Å². The van der Waals surface area contributed by atoms with Crippen molar-refractivity contribution in [2.45, 2.75) is 38.5 Å². The SMILES string of the molecule is COCC1C(O)N(c2cc(C(C)(C)C)on2)C(=O)N1C. The molecule has 0 radical (unpaired) electrons. The van der Waals surface area contributed by atoms with Gasteiger partial charge in [0.1, 0.15) is 11.8 Å². The number of rotatable bonds is 3. The van der Waals surface area contributed by atoms with Crippen molar-refractivity contribution in [3.63, 3.8) is 0 Å². The molecule has 2 heterocycles. The third-order valence-electron chi connectivity index (χ3n) is 3.44. The molecular formula is C13H21N3O4. The Morgan fingerprint density at radius 1 is 1.50 bits per heavy atom. The largest absolute Gasteiger partial charge is 0.382 e. The van der Waals surface area contributed by atoms with Gasteiger partial charge in [-0.15, -0.1) is 0 Å². The zero-order valence-electron chi connectivity index (χ0n) is 12.5. The van der Waals surface area contributed by atoms with Crippen molar-refractivity contribution in [3.05, 3.63) is 11.8 Å². The average molecular weight is 283 g/mol. The average Bonchev–Trinajstić information content (AvgIpc) is 2.90.